The Labute approximate surface area is 173 Å². The molecule has 3 heterocycles. The summed E-state index contributed by atoms with van der Waals surface area (Å²) < 4.78 is 2.04. The lowest BCUT2D eigenvalue weighted by atomic mass is 9.96. The van der Waals surface area contributed by atoms with Crippen molar-refractivity contribution >= 4 is 18.3 Å². The number of nitrogens with zero attached hydrogens (tertiary/aromatic N) is 4. The second kappa shape index (κ2) is 9.54. The summed E-state index contributed by atoms with van der Waals surface area (Å²) in [6.07, 6.45) is 3.96. The van der Waals surface area contributed by atoms with E-state index in [1.165, 1.54) is 11.3 Å². The number of nitrogens with one attached hydrogen (secondary N) is 1. The van der Waals surface area contributed by atoms with Gasteiger partial charge in [0, 0.05) is 45.5 Å². The molecule has 2 aromatic rings. The molecule has 0 saturated carbocycles. The summed E-state index contributed by atoms with van der Waals surface area (Å²) in [5, 5.41) is 7.87. The van der Waals surface area contributed by atoms with E-state index in [0.29, 0.717) is 5.91 Å². The molecule has 2 aliphatic heterocycles. The van der Waals surface area contributed by atoms with Crippen LogP contribution in [0, 0.1) is 12.8 Å². The number of aryl methyl sites for hydroxylation is 1. The van der Waals surface area contributed by atoms with Crippen molar-refractivity contribution in [1.82, 2.24) is 24.9 Å². The van der Waals surface area contributed by atoms with Gasteiger partial charge in [-0.15, -0.1) is 12.4 Å². The van der Waals surface area contributed by atoms with Gasteiger partial charge in [0.05, 0.1) is 17.3 Å². The van der Waals surface area contributed by atoms with Crippen molar-refractivity contribution in [2.75, 3.05) is 39.3 Å². The molecule has 7 heteroatoms. The second-order valence-corrected chi connectivity index (χ2v) is 7.67. The number of amides is 1. The first-order valence-corrected chi connectivity index (χ1v) is 10.0. The Morgan fingerprint density at radius 2 is 1.96 bits per heavy atom. The highest BCUT2D eigenvalue weighted by molar-refractivity contribution is 5.85. The molecule has 1 amide bonds. The molecular weight excluding hydrogens is 374 g/mol. The molecule has 0 aliphatic carbocycles. The molecule has 2 fully saturated rings. The predicted octanol–water partition coefficient (Wildman–Crippen LogP) is 2.25. The summed E-state index contributed by atoms with van der Waals surface area (Å²) in [6, 6.07) is 10.4. The van der Waals surface area contributed by atoms with Crippen molar-refractivity contribution in [3.05, 3.63) is 47.8 Å². The molecule has 6 nitrogen and oxygen atoms in total. The van der Waals surface area contributed by atoms with Gasteiger partial charge in [-0.3, -0.25) is 9.69 Å². The van der Waals surface area contributed by atoms with Crippen molar-refractivity contribution in [2.45, 2.75) is 26.3 Å². The number of benzene rings is 1. The maximum atomic E-state index is 12.9. The highest BCUT2D eigenvalue weighted by Crippen LogP contribution is 2.22. The fraction of sp³-hybridized carbons (Fsp3) is 0.524. The third-order valence-electron chi connectivity index (χ3n) is 5.73. The van der Waals surface area contributed by atoms with Crippen LogP contribution in [0.2, 0.25) is 0 Å². The van der Waals surface area contributed by atoms with Gasteiger partial charge in [-0.05, 0) is 44.0 Å². The third kappa shape index (κ3) is 4.57. The quantitative estimate of drug-likeness (QED) is 0.850. The van der Waals surface area contributed by atoms with E-state index in [1.54, 1.807) is 0 Å². The van der Waals surface area contributed by atoms with Crippen LogP contribution in [-0.2, 0) is 11.3 Å². The number of piperazine rings is 1. The van der Waals surface area contributed by atoms with E-state index in [1.807, 2.05) is 15.8 Å². The summed E-state index contributed by atoms with van der Waals surface area (Å²) >= 11 is 0. The Hall–Kier alpha value is -1.89. The summed E-state index contributed by atoms with van der Waals surface area (Å²) in [7, 11) is 0. The SMILES string of the molecule is Cc1ccccc1-n1nccc1CN1CCCC(C(=O)N2CCNCC2)C1.Cl. The molecular formula is C21H30ClN5O. The smallest absolute Gasteiger partial charge is 0.227 e. The zero-order chi connectivity index (χ0) is 18.6. The third-order valence-corrected chi connectivity index (χ3v) is 5.73. The van der Waals surface area contributed by atoms with Crippen LogP contribution < -0.4 is 5.32 Å². The van der Waals surface area contributed by atoms with Crippen LogP contribution in [-0.4, -0.2) is 64.8 Å². The number of para-hydroxylation sites is 1. The van der Waals surface area contributed by atoms with Gasteiger partial charge >= 0.3 is 0 Å². The number of likely N-dealkylation sites (tertiary alicyclic amines) is 1. The number of hydrogen-bond acceptors (Lipinski definition) is 4. The molecule has 1 atom stereocenters. The highest BCUT2D eigenvalue weighted by Gasteiger charge is 2.30. The van der Waals surface area contributed by atoms with Gasteiger partial charge in [0.1, 0.15) is 0 Å². The Balaban J connectivity index is 0.00000225. The van der Waals surface area contributed by atoms with E-state index >= 15 is 0 Å². The summed E-state index contributed by atoms with van der Waals surface area (Å²) in [5.41, 5.74) is 3.52. The minimum atomic E-state index is 0. The van der Waals surface area contributed by atoms with Crippen molar-refractivity contribution in [3.8, 4) is 5.69 Å². The van der Waals surface area contributed by atoms with Crippen molar-refractivity contribution < 1.29 is 4.79 Å². The average Bonchev–Trinajstić information content (AvgIpc) is 3.16. The lowest BCUT2D eigenvalue weighted by Gasteiger charge is -2.36. The number of halogens is 1. The molecule has 1 unspecified atom stereocenters. The van der Waals surface area contributed by atoms with Gasteiger partial charge in [0.2, 0.25) is 5.91 Å². The topological polar surface area (TPSA) is 53.4 Å². The van der Waals surface area contributed by atoms with E-state index in [-0.39, 0.29) is 18.3 Å². The normalized spacial score (nSPS) is 20.6. The van der Waals surface area contributed by atoms with Crippen LogP contribution in [0.3, 0.4) is 0 Å². The molecule has 0 spiro atoms. The van der Waals surface area contributed by atoms with E-state index < -0.39 is 0 Å². The molecule has 152 valence electrons. The van der Waals surface area contributed by atoms with Gasteiger partial charge in [0.25, 0.3) is 0 Å². The maximum Gasteiger partial charge on any atom is 0.227 e. The second-order valence-electron chi connectivity index (χ2n) is 7.67. The van der Waals surface area contributed by atoms with Gasteiger partial charge in [0.15, 0.2) is 0 Å². The van der Waals surface area contributed by atoms with E-state index in [2.05, 4.69) is 52.6 Å². The van der Waals surface area contributed by atoms with Crippen molar-refractivity contribution in [2.24, 2.45) is 5.92 Å². The predicted molar refractivity (Wildman–Crippen MR) is 113 cm³/mol. The zero-order valence-corrected chi connectivity index (χ0v) is 17.3. The lowest BCUT2D eigenvalue weighted by Crippen LogP contribution is -2.51. The van der Waals surface area contributed by atoms with Crippen molar-refractivity contribution in [3.63, 3.8) is 0 Å². The van der Waals surface area contributed by atoms with Crippen molar-refractivity contribution in [1.29, 1.82) is 0 Å². The van der Waals surface area contributed by atoms with Crippen LogP contribution in [0.1, 0.15) is 24.1 Å². The first-order valence-electron chi connectivity index (χ1n) is 10.0. The van der Waals surface area contributed by atoms with Crippen LogP contribution in [0.15, 0.2) is 36.5 Å². The Bertz CT molecular complexity index is 787. The first-order chi connectivity index (χ1) is 13.2. The molecule has 28 heavy (non-hydrogen) atoms. The molecule has 1 aromatic carbocycles. The van der Waals surface area contributed by atoms with E-state index in [0.717, 1.165) is 64.3 Å². The molecule has 0 bridgehead atoms. The van der Waals surface area contributed by atoms with E-state index in [4.69, 9.17) is 0 Å². The Morgan fingerprint density at radius 1 is 1.18 bits per heavy atom. The number of rotatable bonds is 4. The average molecular weight is 404 g/mol. The largest absolute Gasteiger partial charge is 0.340 e. The van der Waals surface area contributed by atoms with Crippen LogP contribution >= 0.6 is 12.4 Å². The van der Waals surface area contributed by atoms with Gasteiger partial charge < -0.3 is 10.2 Å². The standard InChI is InChI=1S/C21H29N5O.ClH/c1-17-5-2-3-7-20(17)26-19(8-9-23-26)16-24-12-4-6-18(15-24)21(27)25-13-10-22-11-14-25;/h2-3,5,7-9,18,22H,4,6,10-16H2,1H3;1H. The molecule has 0 radical (unpaired) electrons. The van der Waals surface area contributed by atoms with E-state index in [9.17, 15) is 4.79 Å². The number of aromatic nitrogens is 2. The van der Waals surface area contributed by atoms with Crippen LogP contribution in [0.5, 0.6) is 0 Å². The number of hydrogen-bond donors (Lipinski definition) is 1. The highest BCUT2D eigenvalue weighted by atomic mass is 35.5. The monoisotopic (exact) mass is 403 g/mol. The molecule has 4 rings (SSSR count). The molecule has 1 aromatic heterocycles. The number of carbonyl (C=O) groups is 1. The zero-order valence-electron chi connectivity index (χ0n) is 16.5. The minimum Gasteiger partial charge on any atom is -0.340 e. The summed E-state index contributed by atoms with van der Waals surface area (Å²) in [4.78, 5) is 17.3. The Morgan fingerprint density at radius 3 is 2.75 bits per heavy atom. The number of piperidine rings is 1. The molecule has 2 aliphatic rings. The molecule has 2 saturated heterocycles. The van der Waals surface area contributed by atoms with Gasteiger partial charge in [-0.2, -0.15) is 5.10 Å². The first kappa shape index (κ1) is 20.8. The minimum absolute atomic E-state index is 0. The maximum absolute atomic E-state index is 12.9. The summed E-state index contributed by atoms with van der Waals surface area (Å²) in [5.74, 6) is 0.472. The number of carbonyl (C=O) groups excluding carboxylic acids is 1. The van der Waals surface area contributed by atoms with Crippen LogP contribution in [0.4, 0.5) is 0 Å². The summed E-state index contributed by atoms with van der Waals surface area (Å²) in [6.45, 7) is 8.36. The molecule has 1 N–H and O–H groups in total. The lowest BCUT2D eigenvalue weighted by molar-refractivity contribution is -0.138. The van der Waals surface area contributed by atoms with Gasteiger partial charge in [-0.25, -0.2) is 4.68 Å². The Kier molecular flexibility index (Phi) is 7.10. The van der Waals surface area contributed by atoms with Gasteiger partial charge in [-0.1, -0.05) is 18.2 Å². The fourth-order valence-electron chi connectivity index (χ4n) is 4.24. The van der Waals surface area contributed by atoms with Crippen LogP contribution in [0.25, 0.3) is 5.69 Å². The fourth-order valence-corrected chi connectivity index (χ4v) is 4.24.